The predicted molar refractivity (Wildman–Crippen MR) is 74.9 cm³/mol. The molecule has 3 heteroatoms. The zero-order valence-electron chi connectivity index (χ0n) is 10.9. The van der Waals surface area contributed by atoms with Crippen molar-refractivity contribution in [3.8, 4) is 0 Å². The Morgan fingerprint density at radius 2 is 2.06 bits per heavy atom. The molecular weight excluding hydrogens is 246 g/mol. The van der Waals surface area contributed by atoms with E-state index in [0.717, 1.165) is 18.1 Å². The summed E-state index contributed by atoms with van der Waals surface area (Å²) in [5.74, 6) is 0.241. The van der Waals surface area contributed by atoms with E-state index in [2.05, 4.69) is 11.0 Å². The minimum Gasteiger partial charge on any atom is -0.300 e. The Kier molecular flexibility index (Phi) is 4.79. The third-order valence-corrected chi connectivity index (χ3v) is 3.78. The molecule has 1 atom stereocenters. The van der Waals surface area contributed by atoms with E-state index in [1.807, 2.05) is 18.2 Å². The SMILES string of the molecule is CC(=O)CC(c1cccc(Cl)c1)N1CCCCC1. The summed E-state index contributed by atoms with van der Waals surface area (Å²) in [5.41, 5.74) is 1.17. The number of carbonyl (C=O) groups is 1. The third-order valence-electron chi connectivity index (χ3n) is 3.55. The maximum Gasteiger partial charge on any atom is 0.131 e. The minimum atomic E-state index is 0.196. The Bertz CT molecular complexity index is 413. The number of rotatable bonds is 4. The molecule has 18 heavy (non-hydrogen) atoms. The van der Waals surface area contributed by atoms with Gasteiger partial charge >= 0.3 is 0 Å². The first-order chi connectivity index (χ1) is 8.66. The number of Topliss-reactive ketones (excluding diaryl/α,β-unsaturated/α-hetero) is 1. The van der Waals surface area contributed by atoms with Gasteiger partial charge in [0.05, 0.1) is 0 Å². The van der Waals surface area contributed by atoms with E-state index < -0.39 is 0 Å². The van der Waals surface area contributed by atoms with Crippen LogP contribution < -0.4 is 0 Å². The van der Waals surface area contributed by atoms with E-state index in [0.29, 0.717) is 6.42 Å². The Labute approximate surface area is 114 Å². The molecule has 1 aliphatic rings. The molecule has 0 N–H and O–H groups in total. The number of carbonyl (C=O) groups excluding carboxylic acids is 1. The first-order valence-corrected chi connectivity index (χ1v) is 7.03. The van der Waals surface area contributed by atoms with Gasteiger partial charge in [-0.25, -0.2) is 0 Å². The first kappa shape index (κ1) is 13.6. The summed E-state index contributed by atoms with van der Waals surface area (Å²) in [5, 5.41) is 0.748. The molecule has 2 nitrogen and oxygen atoms in total. The van der Waals surface area contributed by atoms with Gasteiger partial charge in [-0.05, 0) is 50.6 Å². The van der Waals surface area contributed by atoms with Crippen molar-refractivity contribution in [3.05, 3.63) is 34.9 Å². The van der Waals surface area contributed by atoms with Gasteiger partial charge in [-0.15, -0.1) is 0 Å². The van der Waals surface area contributed by atoms with Gasteiger partial charge in [-0.1, -0.05) is 30.2 Å². The summed E-state index contributed by atoms with van der Waals surface area (Å²) in [4.78, 5) is 13.9. The van der Waals surface area contributed by atoms with Gasteiger partial charge < -0.3 is 0 Å². The second-order valence-corrected chi connectivity index (χ2v) is 5.51. The first-order valence-electron chi connectivity index (χ1n) is 6.66. The normalized spacial score (nSPS) is 18.6. The van der Waals surface area contributed by atoms with Gasteiger partial charge in [0.15, 0.2) is 0 Å². The number of halogens is 1. The van der Waals surface area contributed by atoms with Crippen LogP contribution in [-0.2, 0) is 4.79 Å². The zero-order chi connectivity index (χ0) is 13.0. The Morgan fingerprint density at radius 3 is 2.67 bits per heavy atom. The maximum atomic E-state index is 11.5. The number of hydrogen-bond acceptors (Lipinski definition) is 2. The highest BCUT2D eigenvalue weighted by molar-refractivity contribution is 6.30. The number of ketones is 1. The Balaban J connectivity index is 2.20. The molecule has 1 fully saturated rings. The summed E-state index contributed by atoms with van der Waals surface area (Å²) in [6.45, 7) is 3.84. The molecule has 0 aromatic heterocycles. The summed E-state index contributed by atoms with van der Waals surface area (Å²) in [7, 11) is 0. The molecule has 0 aliphatic carbocycles. The van der Waals surface area contributed by atoms with Crippen LogP contribution in [0.1, 0.15) is 44.2 Å². The average Bonchev–Trinajstić information content (AvgIpc) is 2.37. The monoisotopic (exact) mass is 265 g/mol. The fourth-order valence-corrected chi connectivity index (χ4v) is 2.87. The van der Waals surface area contributed by atoms with Gasteiger partial charge in [0.1, 0.15) is 5.78 Å². The number of likely N-dealkylation sites (tertiary alicyclic amines) is 1. The molecule has 0 bridgehead atoms. The lowest BCUT2D eigenvalue weighted by Gasteiger charge is -2.34. The van der Waals surface area contributed by atoms with Crippen LogP contribution >= 0.6 is 11.6 Å². The molecule has 1 aromatic rings. The number of piperidine rings is 1. The van der Waals surface area contributed by atoms with Crippen molar-refractivity contribution in [1.29, 1.82) is 0 Å². The van der Waals surface area contributed by atoms with Crippen LogP contribution in [0.3, 0.4) is 0 Å². The van der Waals surface area contributed by atoms with Crippen LogP contribution in [0, 0.1) is 0 Å². The van der Waals surface area contributed by atoms with Crippen LogP contribution in [0.25, 0.3) is 0 Å². The maximum absolute atomic E-state index is 11.5. The topological polar surface area (TPSA) is 20.3 Å². The summed E-state index contributed by atoms with van der Waals surface area (Å²) in [6.07, 6.45) is 4.35. The number of nitrogens with zero attached hydrogens (tertiary/aromatic N) is 1. The smallest absolute Gasteiger partial charge is 0.131 e. The van der Waals surface area contributed by atoms with E-state index in [1.54, 1.807) is 6.92 Å². The molecule has 1 unspecified atom stereocenters. The predicted octanol–water partition coefficient (Wildman–Crippen LogP) is 3.85. The highest BCUT2D eigenvalue weighted by atomic mass is 35.5. The Morgan fingerprint density at radius 1 is 1.33 bits per heavy atom. The van der Waals surface area contributed by atoms with Crippen LogP contribution in [0.15, 0.2) is 24.3 Å². The largest absolute Gasteiger partial charge is 0.300 e. The van der Waals surface area contributed by atoms with Crippen molar-refractivity contribution in [2.24, 2.45) is 0 Å². The van der Waals surface area contributed by atoms with Crippen LogP contribution in [0.2, 0.25) is 5.02 Å². The molecule has 0 radical (unpaired) electrons. The van der Waals surface area contributed by atoms with Gasteiger partial charge in [0.25, 0.3) is 0 Å². The van der Waals surface area contributed by atoms with E-state index in [1.165, 1.54) is 24.8 Å². The van der Waals surface area contributed by atoms with Crippen molar-refractivity contribution < 1.29 is 4.79 Å². The highest BCUT2D eigenvalue weighted by Gasteiger charge is 2.23. The van der Waals surface area contributed by atoms with Crippen molar-refractivity contribution in [3.63, 3.8) is 0 Å². The molecular formula is C15H20ClNO. The Hall–Kier alpha value is -0.860. The van der Waals surface area contributed by atoms with Gasteiger partial charge in [-0.3, -0.25) is 9.69 Å². The fourth-order valence-electron chi connectivity index (χ4n) is 2.67. The molecule has 98 valence electrons. The average molecular weight is 266 g/mol. The van der Waals surface area contributed by atoms with Gasteiger partial charge in [-0.2, -0.15) is 0 Å². The summed E-state index contributed by atoms with van der Waals surface area (Å²) >= 11 is 6.06. The highest BCUT2D eigenvalue weighted by Crippen LogP contribution is 2.29. The van der Waals surface area contributed by atoms with Crippen LogP contribution in [0.5, 0.6) is 0 Å². The lowest BCUT2D eigenvalue weighted by molar-refractivity contribution is -0.118. The molecule has 1 saturated heterocycles. The van der Waals surface area contributed by atoms with Crippen molar-refractivity contribution >= 4 is 17.4 Å². The van der Waals surface area contributed by atoms with Crippen molar-refractivity contribution in [1.82, 2.24) is 4.90 Å². The molecule has 2 rings (SSSR count). The van der Waals surface area contributed by atoms with Crippen LogP contribution in [-0.4, -0.2) is 23.8 Å². The molecule has 0 spiro atoms. The van der Waals surface area contributed by atoms with Crippen molar-refractivity contribution in [2.45, 2.75) is 38.6 Å². The van der Waals surface area contributed by atoms with E-state index in [4.69, 9.17) is 11.6 Å². The lowest BCUT2D eigenvalue weighted by Crippen LogP contribution is -2.34. The van der Waals surface area contributed by atoms with Gasteiger partial charge in [0, 0.05) is 17.5 Å². The van der Waals surface area contributed by atoms with E-state index >= 15 is 0 Å². The lowest BCUT2D eigenvalue weighted by atomic mass is 9.97. The minimum absolute atomic E-state index is 0.196. The molecule has 1 aliphatic heterocycles. The molecule has 0 amide bonds. The van der Waals surface area contributed by atoms with E-state index in [-0.39, 0.29) is 11.8 Å². The summed E-state index contributed by atoms with van der Waals surface area (Å²) in [6, 6.07) is 8.11. The number of hydrogen-bond donors (Lipinski definition) is 0. The van der Waals surface area contributed by atoms with Gasteiger partial charge in [0.2, 0.25) is 0 Å². The molecule has 1 aromatic carbocycles. The summed E-state index contributed by atoms with van der Waals surface area (Å²) < 4.78 is 0. The quantitative estimate of drug-likeness (QED) is 0.824. The second kappa shape index (κ2) is 6.35. The third kappa shape index (κ3) is 3.56. The fraction of sp³-hybridized carbons (Fsp3) is 0.533. The zero-order valence-corrected chi connectivity index (χ0v) is 11.6. The molecule has 0 saturated carbocycles. The standard InChI is InChI=1S/C15H20ClNO/c1-12(18)10-15(17-8-3-2-4-9-17)13-6-5-7-14(16)11-13/h5-7,11,15H,2-4,8-10H2,1H3. The second-order valence-electron chi connectivity index (χ2n) is 5.07. The van der Waals surface area contributed by atoms with E-state index in [9.17, 15) is 4.79 Å². The van der Waals surface area contributed by atoms with Crippen molar-refractivity contribution in [2.75, 3.05) is 13.1 Å². The number of benzene rings is 1. The molecule has 1 heterocycles. The van der Waals surface area contributed by atoms with Crippen LogP contribution in [0.4, 0.5) is 0 Å².